The topological polar surface area (TPSA) is 38.7 Å². The summed E-state index contributed by atoms with van der Waals surface area (Å²) in [5, 5.41) is 9.54. The first-order valence-electron chi connectivity index (χ1n) is 6.69. The van der Waals surface area contributed by atoms with Crippen molar-refractivity contribution in [2.75, 3.05) is 0 Å². The molecule has 3 rings (SSSR count). The van der Waals surface area contributed by atoms with Gasteiger partial charge in [-0.2, -0.15) is 0 Å². The van der Waals surface area contributed by atoms with Crippen molar-refractivity contribution in [3.05, 3.63) is 23.8 Å². The first kappa shape index (κ1) is 11.8. The molecule has 1 aromatic rings. The molecule has 1 heterocycles. The SMILES string of the molecule is CC1(C)Cc2cccc(OC3CCC(O)C3)c2O1. The second kappa shape index (κ2) is 4.16. The van der Waals surface area contributed by atoms with Crippen molar-refractivity contribution in [1.29, 1.82) is 0 Å². The fraction of sp³-hybridized carbons (Fsp3) is 0.600. The normalized spacial score (nSPS) is 28.8. The molecule has 0 bridgehead atoms. The van der Waals surface area contributed by atoms with Gasteiger partial charge in [-0.25, -0.2) is 0 Å². The smallest absolute Gasteiger partial charge is 0.165 e. The maximum Gasteiger partial charge on any atom is 0.165 e. The highest BCUT2D eigenvalue weighted by atomic mass is 16.5. The molecule has 0 spiro atoms. The molecule has 1 fully saturated rings. The molecule has 1 aliphatic carbocycles. The van der Waals surface area contributed by atoms with Crippen LogP contribution in [0.5, 0.6) is 11.5 Å². The minimum atomic E-state index is -0.205. The summed E-state index contributed by atoms with van der Waals surface area (Å²) in [5.74, 6) is 1.72. The van der Waals surface area contributed by atoms with Crippen molar-refractivity contribution >= 4 is 0 Å². The van der Waals surface area contributed by atoms with E-state index in [0.29, 0.717) is 0 Å². The predicted octanol–water partition coefficient (Wildman–Crippen LogP) is 2.69. The van der Waals surface area contributed by atoms with Gasteiger partial charge in [-0.1, -0.05) is 12.1 Å². The van der Waals surface area contributed by atoms with Gasteiger partial charge in [-0.15, -0.1) is 0 Å². The zero-order valence-corrected chi connectivity index (χ0v) is 11.0. The minimum Gasteiger partial charge on any atom is -0.486 e. The zero-order chi connectivity index (χ0) is 12.8. The van der Waals surface area contributed by atoms with Crippen LogP contribution in [0.4, 0.5) is 0 Å². The van der Waals surface area contributed by atoms with Crippen LogP contribution < -0.4 is 9.47 Å². The van der Waals surface area contributed by atoms with E-state index in [1.54, 1.807) is 0 Å². The van der Waals surface area contributed by atoms with E-state index in [1.807, 2.05) is 12.1 Å². The first-order valence-corrected chi connectivity index (χ1v) is 6.69. The molecule has 2 aliphatic rings. The Balaban J connectivity index is 1.80. The minimum absolute atomic E-state index is 0.124. The van der Waals surface area contributed by atoms with E-state index in [9.17, 15) is 5.11 Å². The number of para-hydroxylation sites is 1. The number of rotatable bonds is 2. The molecule has 98 valence electrons. The van der Waals surface area contributed by atoms with Gasteiger partial charge in [0, 0.05) is 18.4 Å². The van der Waals surface area contributed by atoms with Crippen LogP contribution >= 0.6 is 0 Å². The third-order valence-corrected chi connectivity index (χ3v) is 3.71. The summed E-state index contributed by atoms with van der Waals surface area (Å²) < 4.78 is 12.0. The maximum atomic E-state index is 9.54. The average Bonchev–Trinajstić information content (AvgIpc) is 2.81. The van der Waals surface area contributed by atoms with Gasteiger partial charge in [0.15, 0.2) is 11.5 Å². The Hall–Kier alpha value is -1.22. The lowest BCUT2D eigenvalue weighted by Gasteiger charge is -2.19. The lowest BCUT2D eigenvalue weighted by molar-refractivity contribution is 0.120. The number of aliphatic hydroxyl groups is 1. The Kier molecular flexibility index (Phi) is 2.74. The van der Waals surface area contributed by atoms with E-state index in [4.69, 9.17) is 9.47 Å². The second-order valence-electron chi connectivity index (χ2n) is 5.99. The summed E-state index contributed by atoms with van der Waals surface area (Å²) in [6.45, 7) is 4.19. The average molecular weight is 248 g/mol. The Bertz CT molecular complexity index is 453. The van der Waals surface area contributed by atoms with Crippen LogP contribution in [0.1, 0.15) is 38.7 Å². The summed E-state index contributed by atoms with van der Waals surface area (Å²) in [5.41, 5.74) is 1.08. The van der Waals surface area contributed by atoms with Gasteiger partial charge < -0.3 is 14.6 Å². The Morgan fingerprint density at radius 3 is 2.89 bits per heavy atom. The molecule has 0 radical (unpaired) electrons. The molecule has 1 saturated carbocycles. The Morgan fingerprint density at radius 2 is 2.17 bits per heavy atom. The number of hydrogen-bond acceptors (Lipinski definition) is 3. The van der Waals surface area contributed by atoms with Crippen LogP contribution in [0.2, 0.25) is 0 Å². The standard InChI is InChI=1S/C15H20O3/c1-15(2)9-10-4-3-5-13(14(10)18-15)17-12-7-6-11(16)8-12/h3-5,11-12,16H,6-9H2,1-2H3. The van der Waals surface area contributed by atoms with Crippen molar-refractivity contribution in [3.8, 4) is 11.5 Å². The number of fused-ring (bicyclic) bond motifs is 1. The van der Waals surface area contributed by atoms with Crippen LogP contribution in [-0.4, -0.2) is 22.9 Å². The predicted molar refractivity (Wildman–Crippen MR) is 69.1 cm³/mol. The molecular weight excluding hydrogens is 228 g/mol. The van der Waals surface area contributed by atoms with Gasteiger partial charge >= 0.3 is 0 Å². The van der Waals surface area contributed by atoms with Gasteiger partial charge in [0.25, 0.3) is 0 Å². The van der Waals surface area contributed by atoms with Crippen LogP contribution in [0.3, 0.4) is 0 Å². The first-order chi connectivity index (χ1) is 8.53. The van der Waals surface area contributed by atoms with Gasteiger partial charge in [0.2, 0.25) is 0 Å². The van der Waals surface area contributed by atoms with Gasteiger partial charge in [0.05, 0.1) is 6.10 Å². The summed E-state index contributed by atoms with van der Waals surface area (Å²) in [4.78, 5) is 0. The molecule has 1 aliphatic heterocycles. The van der Waals surface area contributed by atoms with Crippen molar-refractivity contribution in [1.82, 2.24) is 0 Å². The third-order valence-electron chi connectivity index (χ3n) is 3.71. The lowest BCUT2D eigenvalue weighted by Crippen LogP contribution is -2.25. The highest BCUT2D eigenvalue weighted by Crippen LogP contribution is 2.42. The van der Waals surface area contributed by atoms with E-state index in [-0.39, 0.29) is 17.8 Å². The molecule has 18 heavy (non-hydrogen) atoms. The molecule has 3 heteroatoms. The quantitative estimate of drug-likeness (QED) is 0.874. The highest BCUT2D eigenvalue weighted by molar-refractivity contribution is 5.50. The molecule has 3 nitrogen and oxygen atoms in total. The number of ether oxygens (including phenoxy) is 2. The van der Waals surface area contributed by atoms with Crippen molar-refractivity contribution in [2.45, 2.75) is 57.3 Å². The van der Waals surface area contributed by atoms with E-state index in [2.05, 4.69) is 19.9 Å². The number of benzene rings is 1. The largest absolute Gasteiger partial charge is 0.486 e. The molecule has 0 aromatic heterocycles. The zero-order valence-electron chi connectivity index (χ0n) is 11.0. The van der Waals surface area contributed by atoms with Crippen LogP contribution in [0.15, 0.2) is 18.2 Å². The second-order valence-corrected chi connectivity index (χ2v) is 5.99. The van der Waals surface area contributed by atoms with Crippen LogP contribution in [0, 0.1) is 0 Å². The summed E-state index contributed by atoms with van der Waals surface area (Å²) in [6.07, 6.45) is 3.34. The number of aliphatic hydroxyl groups excluding tert-OH is 1. The Labute approximate surface area is 108 Å². The van der Waals surface area contributed by atoms with E-state index in [1.165, 1.54) is 5.56 Å². The van der Waals surface area contributed by atoms with E-state index < -0.39 is 0 Å². The molecule has 1 N–H and O–H groups in total. The molecular formula is C15H20O3. The van der Waals surface area contributed by atoms with Gasteiger partial charge in [-0.05, 0) is 32.8 Å². The van der Waals surface area contributed by atoms with E-state index in [0.717, 1.165) is 37.2 Å². The fourth-order valence-electron chi connectivity index (χ4n) is 2.88. The molecule has 0 saturated heterocycles. The van der Waals surface area contributed by atoms with Gasteiger partial charge in [-0.3, -0.25) is 0 Å². The fourth-order valence-corrected chi connectivity index (χ4v) is 2.88. The molecule has 2 unspecified atom stereocenters. The van der Waals surface area contributed by atoms with Crippen LogP contribution in [0.25, 0.3) is 0 Å². The maximum absolute atomic E-state index is 9.54. The Morgan fingerprint density at radius 1 is 1.33 bits per heavy atom. The van der Waals surface area contributed by atoms with Crippen molar-refractivity contribution in [3.63, 3.8) is 0 Å². The lowest BCUT2D eigenvalue weighted by atomic mass is 10.0. The van der Waals surface area contributed by atoms with Crippen LogP contribution in [-0.2, 0) is 6.42 Å². The molecule has 2 atom stereocenters. The van der Waals surface area contributed by atoms with Crippen molar-refractivity contribution in [2.24, 2.45) is 0 Å². The summed E-state index contributed by atoms with van der Waals surface area (Å²) in [7, 11) is 0. The highest BCUT2D eigenvalue weighted by Gasteiger charge is 2.33. The van der Waals surface area contributed by atoms with E-state index >= 15 is 0 Å². The molecule has 0 amide bonds. The number of hydrogen-bond donors (Lipinski definition) is 1. The monoisotopic (exact) mass is 248 g/mol. The van der Waals surface area contributed by atoms with Crippen molar-refractivity contribution < 1.29 is 14.6 Å². The third kappa shape index (κ3) is 2.19. The van der Waals surface area contributed by atoms with Gasteiger partial charge in [0.1, 0.15) is 11.7 Å². The molecule has 1 aromatic carbocycles. The summed E-state index contributed by atoms with van der Waals surface area (Å²) >= 11 is 0. The summed E-state index contributed by atoms with van der Waals surface area (Å²) in [6, 6.07) is 6.08.